The second-order valence-electron chi connectivity index (χ2n) is 2.61. The molecule has 70 valence electrons. The topological polar surface area (TPSA) is 64.3 Å². The van der Waals surface area contributed by atoms with Gasteiger partial charge in [-0.1, -0.05) is 12.1 Å². The average molecular weight is 180 g/mol. The van der Waals surface area contributed by atoms with Gasteiger partial charge in [0, 0.05) is 12.7 Å². The van der Waals surface area contributed by atoms with Crippen LogP contribution in [0.3, 0.4) is 0 Å². The molecule has 0 aliphatic carbocycles. The summed E-state index contributed by atoms with van der Waals surface area (Å²) < 4.78 is 4.93. The van der Waals surface area contributed by atoms with Gasteiger partial charge in [0.2, 0.25) is 0 Å². The van der Waals surface area contributed by atoms with Gasteiger partial charge in [-0.2, -0.15) is 0 Å². The van der Waals surface area contributed by atoms with Crippen molar-refractivity contribution in [3.63, 3.8) is 0 Å². The highest BCUT2D eigenvalue weighted by Crippen LogP contribution is 2.05. The summed E-state index contributed by atoms with van der Waals surface area (Å²) in [5.41, 5.74) is 3.56. The van der Waals surface area contributed by atoms with Crippen molar-refractivity contribution in [3.8, 4) is 0 Å². The Labute approximate surface area is 76.7 Å². The number of hydrogen-bond donors (Lipinski definition) is 2. The van der Waals surface area contributed by atoms with E-state index in [-0.39, 0.29) is 5.91 Å². The third-order valence-corrected chi connectivity index (χ3v) is 1.63. The van der Waals surface area contributed by atoms with Crippen LogP contribution in [-0.4, -0.2) is 13.0 Å². The zero-order chi connectivity index (χ0) is 9.68. The molecule has 0 unspecified atom stereocenters. The highest BCUT2D eigenvalue weighted by atomic mass is 16.5. The molecule has 0 saturated heterocycles. The zero-order valence-electron chi connectivity index (χ0n) is 7.41. The number of benzene rings is 1. The largest absolute Gasteiger partial charge is 0.380 e. The Bertz CT molecular complexity index is 299. The minimum absolute atomic E-state index is 0.294. The van der Waals surface area contributed by atoms with Gasteiger partial charge in [-0.25, -0.2) is 5.84 Å². The number of nitrogens with one attached hydrogen (secondary N) is 1. The van der Waals surface area contributed by atoms with Crippen LogP contribution in [0, 0.1) is 0 Å². The third kappa shape index (κ3) is 2.54. The van der Waals surface area contributed by atoms with Crippen molar-refractivity contribution in [1.82, 2.24) is 5.43 Å². The van der Waals surface area contributed by atoms with E-state index >= 15 is 0 Å². The molecule has 0 radical (unpaired) electrons. The molecular weight excluding hydrogens is 168 g/mol. The van der Waals surface area contributed by atoms with Crippen molar-refractivity contribution in [3.05, 3.63) is 35.4 Å². The Balaban J connectivity index is 2.85. The van der Waals surface area contributed by atoms with Crippen LogP contribution in [0.1, 0.15) is 15.9 Å². The first-order valence-corrected chi connectivity index (χ1v) is 3.86. The van der Waals surface area contributed by atoms with Crippen LogP contribution in [0.25, 0.3) is 0 Å². The van der Waals surface area contributed by atoms with E-state index in [0.29, 0.717) is 12.2 Å². The third-order valence-electron chi connectivity index (χ3n) is 1.63. The zero-order valence-corrected chi connectivity index (χ0v) is 7.41. The molecule has 3 N–H and O–H groups in total. The second-order valence-corrected chi connectivity index (χ2v) is 2.61. The summed E-state index contributed by atoms with van der Waals surface area (Å²) >= 11 is 0. The first kappa shape index (κ1) is 9.70. The molecule has 0 aliphatic rings. The highest BCUT2D eigenvalue weighted by molar-refractivity contribution is 5.93. The summed E-state index contributed by atoms with van der Waals surface area (Å²) in [5.74, 6) is 4.70. The Morgan fingerprint density at radius 2 is 2.38 bits per heavy atom. The van der Waals surface area contributed by atoms with Crippen molar-refractivity contribution in [2.75, 3.05) is 7.11 Å². The number of hydrazine groups is 1. The molecule has 4 heteroatoms. The van der Waals surface area contributed by atoms with Crippen LogP contribution >= 0.6 is 0 Å². The number of carbonyl (C=O) groups is 1. The van der Waals surface area contributed by atoms with Crippen LogP contribution < -0.4 is 11.3 Å². The summed E-state index contributed by atoms with van der Waals surface area (Å²) in [6.45, 7) is 0.492. The second kappa shape index (κ2) is 4.59. The minimum atomic E-state index is -0.294. The van der Waals surface area contributed by atoms with Gasteiger partial charge in [0.05, 0.1) is 6.61 Å². The van der Waals surface area contributed by atoms with E-state index in [0.717, 1.165) is 5.56 Å². The molecule has 0 atom stereocenters. The number of nitrogen functional groups attached to an aromatic ring is 1. The van der Waals surface area contributed by atoms with E-state index in [9.17, 15) is 4.79 Å². The highest BCUT2D eigenvalue weighted by Gasteiger charge is 2.02. The van der Waals surface area contributed by atoms with E-state index in [4.69, 9.17) is 10.6 Å². The van der Waals surface area contributed by atoms with E-state index in [1.54, 1.807) is 25.3 Å². The smallest absolute Gasteiger partial charge is 0.265 e. The molecule has 1 aromatic carbocycles. The van der Waals surface area contributed by atoms with Gasteiger partial charge in [-0.05, 0) is 17.7 Å². The van der Waals surface area contributed by atoms with E-state index < -0.39 is 0 Å². The summed E-state index contributed by atoms with van der Waals surface area (Å²) in [7, 11) is 1.61. The molecule has 0 aliphatic heterocycles. The Morgan fingerprint density at radius 1 is 1.62 bits per heavy atom. The lowest BCUT2D eigenvalue weighted by atomic mass is 10.1. The maximum Gasteiger partial charge on any atom is 0.265 e. The molecule has 0 saturated carbocycles. The molecule has 1 rings (SSSR count). The molecule has 1 amide bonds. The summed E-state index contributed by atoms with van der Waals surface area (Å²) in [5, 5.41) is 0. The number of carbonyl (C=O) groups excluding carboxylic acids is 1. The van der Waals surface area contributed by atoms with Crippen molar-refractivity contribution in [2.24, 2.45) is 5.84 Å². The molecule has 0 aromatic heterocycles. The van der Waals surface area contributed by atoms with Gasteiger partial charge in [-0.15, -0.1) is 0 Å². The normalized spacial score (nSPS) is 9.69. The molecule has 1 aromatic rings. The Morgan fingerprint density at radius 3 is 3.00 bits per heavy atom. The van der Waals surface area contributed by atoms with Gasteiger partial charge in [0.1, 0.15) is 0 Å². The molecule has 13 heavy (non-hydrogen) atoms. The number of rotatable bonds is 3. The Kier molecular flexibility index (Phi) is 3.42. The van der Waals surface area contributed by atoms with Crippen molar-refractivity contribution >= 4 is 5.91 Å². The molecule has 0 spiro atoms. The molecule has 0 heterocycles. The maximum atomic E-state index is 11.1. The number of methoxy groups -OCH3 is 1. The first-order valence-electron chi connectivity index (χ1n) is 3.86. The predicted molar refractivity (Wildman–Crippen MR) is 48.8 cm³/mol. The first-order chi connectivity index (χ1) is 6.27. The number of nitrogens with two attached hydrogens (primary N) is 1. The number of hydrogen-bond acceptors (Lipinski definition) is 3. The molecule has 0 fully saturated rings. The fraction of sp³-hybridized carbons (Fsp3) is 0.222. The number of ether oxygens (including phenoxy) is 1. The lowest BCUT2D eigenvalue weighted by Gasteiger charge is -2.02. The van der Waals surface area contributed by atoms with Crippen LogP contribution in [-0.2, 0) is 11.3 Å². The van der Waals surface area contributed by atoms with Gasteiger partial charge in [-0.3, -0.25) is 10.2 Å². The summed E-state index contributed by atoms with van der Waals surface area (Å²) in [6, 6.07) is 7.11. The fourth-order valence-corrected chi connectivity index (χ4v) is 1.05. The lowest BCUT2D eigenvalue weighted by molar-refractivity contribution is 0.0953. The molecular formula is C9H12N2O2. The fourth-order valence-electron chi connectivity index (χ4n) is 1.05. The molecule has 0 bridgehead atoms. The summed E-state index contributed by atoms with van der Waals surface area (Å²) in [4.78, 5) is 11.1. The van der Waals surface area contributed by atoms with Crippen molar-refractivity contribution < 1.29 is 9.53 Å². The van der Waals surface area contributed by atoms with Gasteiger partial charge in [0.15, 0.2) is 0 Å². The van der Waals surface area contributed by atoms with E-state index in [2.05, 4.69) is 5.43 Å². The standard InChI is InChI=1S/C9H12N2O2/c1-13-6-7-3-2-4-8(5-7)9(12)11-10/h2-5H,6,10H2,1H3,(H,11,12). The van der Waals surface area contributed by atoms with Crippen LogP contribution in [0.4, 0.5) is 0 Å². The van der Waals surface area contributed by atoms with Crippen molar-refractivity contribution in [1.29, 1.82) is 0 Å². The quantitative estimate of drug-likeness (QED) is 0.403. The lowest BCUT2D eigenvalue weighted by Crippen LogP contribution is -2.29. The van der Waals surface area contributed by atoms with Gasteiger partial charge < -0.3 is 4.74 Å². The molecule has 4 nitrogen and oxygen atoms in total. The van der Waals surface area contributed by atoms with E-state index in [1.807, 2.05) is 6.07 Å². The van der Waals surface area contributed by atoms with Crippen LogP contribution in [0.15, 0.2) is 24.3 Å². The SMILES string of the molecule is COCc1cccc(C(=O)NN)c1. The van der Waals surface area contributed by atoms with E-state index in [1.165, 1.54) is 0 Å². The predicted octanol–water partition coefficient (Wildman–Crippen LogP) is 0.437. The van der Waals surface area contributed by atoms with Crippen molar-refractivity contribution in [2.45, 2.75) is 6.61 Å². The minimum Gasteiger partial charge on any atom is -0.380 e. The summed E-state index contributed by atoms with van der Waals surface area (Å²) in [6.07, 6.45) is 0. The monoisotopic (exact) mass is 180 g/mol. The average Bonchev–Trinajstić information content (AvgIpc) is 2.18. The maximum absolute atomic E-state index is 11.1. The van der Waals surface area contributed by atoms with Crippen LogP contribution in [0.2, 0.25) is 0 Å². The van der Waals surface area contributed by atoms with Crippen LogP contribution in [0.5, 0.6) is 0 Å². The number of amides is 1. The van der Waals surface area contributed by atoms with Gasteiger partial charge >= 0.3 is 0 Å². The Hall–Kier alpha value is -1.39. The van der Waals surface area contributed by atoms with Gasteiger partial charge in [0.25, 0.3) is 5.91 Å².